The van der Waals surface area contributed by atoms with E-state index in [1.165, 1.54) is 0 Å². The van der Waals surface area contributed by atoms with Crippen LogP contribution >= 0.6 is 0 Å². The highest BCUT2D eigenvalue weighted by molar-refractivity contribution is 5.30. The lowest BCUT2D eigenvalue weighted by Gasteiger charge is -2.07. The lowest BCUT2D eigenvalue weighted by Crippen LogP contribution is -2.21. The Kier molecular flexibility index (Phi) is 4.38. The number of aromatic nitrogens is 4. The van der Waals surface area contributed by atoms with Gasteiger partial charge in [0.05, 0.1) is 18.3 Å². The smallest absolute Gasteiger partial charge is 0.170 e. The summed E-state index contributed by atoms with van der Waals surface area (Å²) >= 11 is 0. The fourth-order valence-electron chi connectivity index (χ4n) is 1.60. The van der Waals surface area contributed by atoms with Crippen LogP contribution in [0.5, 0.6) is 0 Å². The zero-order chi connectivity index (χ0) is 12.8. The third-order valence-electron chi connectivity index (χ3n) is 2.56. The Labute approximate surface area is 106 Å². The van der Waals surface area contributed by atoms with Crippen molar-refractivity contribution < 1.29 is 5.11 Å². The van der Waals surface area contributed by atoms with E-state index in [-0.39, 0.29) is 6.10 Å². The van der Waals surface area contributed by atoms with Crippen molar-refractivity contribution in [2.24, 2.45) is 0 Å². The van der Waals surface area contributed by atoms with E-state index in [9.17, 15) is 0 Å². The van der Waals surface area contributed by atoms with Gasteiger partial charge in [-0.1, -0.05) is 18.2 Å². The predicted molar refractivity (Wildman–Crippen MR) is 67.2 cm³/mol. The lowest BCUT2D eigenvalue weighted by atomic mass is 10.3. The van der Waals surface area contributed by atoms with Gasteiger partial charge in [-0.3, -0.25) is 0 Å². The molecular formula is C12H17N5O. The molecule has 0 saturated carbocycles. The van der Waals surface area contributed by atoms with E-state index in [0.29, 0.717) is 13.0 Å². The van der Waals surface area contributed by atoms with Crippen LogP contribution in [0.1, 0.15) is 19.2 Å². The molecule has 6 nitrogen and oxygen atoms in total. The van der Waals surface area contributed by atoms with E-state index in [0.717, 1.165) is 18.1 Å². The van der Waals surface area contributed by atoms with Crippen LogP contribution in [0.15, 0.2) is 30.3 Å². The maximum Gasteiger partial charge on any atom is 0.170 e. The quantitative estimate of drug-likeness (QED) is 0.728. The van der Waals surface area contributed by atoms with E-state index in [2.05, 4.69) is 20.8 Å². The summed E-state index contributed by atoms with van der Waals surface area (Å²) in [5.41, 5.74) is 0.940. The van der Waals surface area contributed by atoms with Gasteiger partial charge in [-0.15, -0.1) is 5.10 Å². The molecule has 1 aromatic heterocycles. The number of nitrogens with one attached hydrogen (secondary N) is 1. The molecule has 0 amide bonds. The number of tetrazole rings is 1. The first-order chi connectivity index (χ1) is 8.77. The summed E-state index contributed by atoms with van der Waals surface area (Å²) in [5, 5.41) is 24.0. The average molecular weight is 247 g/mol. The summed E-state index contributed by atoms with van der Waals surface area (Å²) in [7, 11) is 0. The molecule has 0 aliphatic heterocycles. The van der Waals surface area contributed by atoms with Gasteiger partial charge in [0.25, 0.3) is 0 Å². The molecule has 0 radical (unpaired) electrons. The monoisotopic (exact) mass is 247 g/mol. The van der Waals surface area contributed by atoms with Crippen LogP contribution in [0, 0.1) is 0 Å². The van der Waals surface area contributed by atoms with Crippen molar-refractivity contribution in [3.05, 3.63) is 36.2 Å². The predicted octanol–water partition coefficient (Wildman–Crippen LogP) is 0.523. The van der Waals surface area contributed by atoms with Crippen LogP contribution in [0.4, 0.5) is 0 Å². The molecule has 96 valence electrons. The standard InChI is InChI=1S/C12H17N5O/c1-10(18)7-8-13-9-12-14-15-16-17(12)11-5-3-2-4-6-11/h2-6,10,13,18H,7-9H2,1H3. The van der Waals surface area contributed by atoms with Crippen molar-refractivity contribution >= 4 is 0 Å². The molecule has 0 bridgehead atoms. The number of rotatable bonds is 6. The second kappa shape index (κ2) is 6.23. The molecule has 2 aromatic rings. The highest BCUT2D eigenvalue weighted by atomic mass is 16.3. The zero-order valence-corrected chi connectivity index (χ0v) is 10.3. The highest BCUT2D eigenvalue weighted by Gasteiger charge is 2.07. The molecule has 2 rings (SSSR count). The molecular weight excluding hydrogens is 230 g/mol. The van der Waals surface area contributed by atoms with Gasteiger partial charge in [0.2, 0.25) is 0 Å². The molecule has 1 heterocycles. The SMILES string of the molecule is CC(O)CCNCc1nnnn1-c1ccccc1. The summed E-state index contributed by atoms with van der Waals surface area (Å²) in [5.74, 6) is 0.756. The maximum atomic E-state index is 9.16. The minimum absolute atomic E-state index is 0.289. The fraction of sp³-hybridized carbons (Fsp3) is 0.417. The van der Waals surface area contributed by atoms with Crippen LogP contribution < -0.4 is 5.32 Å². The van der Waals surface area contributed by atoms with Crippen LogP contribution in [0.3, 0.4) is 0 Å². The highest BCUT2D eigenvalue weighted by Crippen LogP contribution is 2.06. The van der Waals surface area contributed by atoms with Gasteiger partial charge in [-0.2, -0.15) is 4.68 Å². The Hall–Kier alpha value is -1.79. The Balaban J connectivity index is 1.96. The largest absolute Gasteiger partial charge is 0.393 e. The van der Waals surface area contributed by atoms with E-state index in [1.807, 2.05) is 30.3 Å². The Morgan fingerprint density at radius 3 is 2.83 bits per heavy atom. The first-order valence-corrected chi connectivity index (χ1v) is 5.99. The van der Waals surface area contributed by atoms with E-state index in [4.69, 9.17) is 5.11 Å². The van der Waals surface area contributed by atoms with E-state index < -0.39 is 0 Å². The van der Waals surface area contributed by atoms with Gasteiger partial charge in [-0.25, -0.2) is 0 Å². The van der Waals surface area contributed by atoms with Crippen LogP contribution in [-0.4, -0.2) is 38.0 Å². The van der Waals surface area contributed by atoms with Gasteiger partial charge in [0, 0.05) is 0 Å². The minimum atomic E-state index is -0.289. The van der Waals surface area contributed by atoms with Crippen LogP contribution in [-0.2, 0) is 6.54 Å². The van der Waals surface area contributed by atoms with Gasteiger partial charge >= 0.3 is 0 Å². The molecule has 1 unspecified atom stereocenters. The molecule has 18 heavy (non-hydrogen) atoms. The summed E-state index contributed by atoms with van der Waals surface area (Å²) in [6.45, 7) is 3.09. The van der Waals surface area contributed by atoms with Gasteiger partial charge < -0.3 is 10.4 Å². The molecule has 1 aromatic carbocycles. The van der Waals surface area contributed by atoms with Gasteiger partial charge in [0.15, 0.2) is 5.82 Å². The Morgan fingerprint density at radius 1 is 1.33 bits per heavy atom. The number of nitrogens with zero attached hydrogens (tertiary/aromatic N) is 4. The normalized spacial score (nSPS) is 12.6. The summed E-state index contributed by atoms with van der Waals surface area (Å²) in [6, 6.07) is 9.75. The summed E-state index contributed by atoms with van der Waals surface area (Å²) in [6.07, 6.45) is 0.426. The number of hydrogen-bond donors (Lipinski definition) is 2. The van der Waals surface area contributed by atoms with Crippen molar-refractivity contribution in [2.45, 2.75) is 26.0 Å². The number of aliphatic hydroxyl groups excluding tert-OH is 1. The molecule has 0 spiro atoms. The van der Waals surface area contributed by atoms with Crippen molar-refractivity contribution in [3.63, 3.8) is 0 Å². The molecule has 0 fully saturated rings. The first-order valence-electron chi connectivity index (χ1n) is 5.99. The third-order valence-corrected chi connectivity index (χ3v) is 2.56. The maximum absolute atomic E-state index is 9.16. The zero-order valence-electron chi connectivity index (χ0n) is 10.3. The first kappa shape index (κ1) is 12.7. The number of benzene rings is 1. The van der Waals surface area contributed by atoms with Gasteiger partial charge in [0.1, 0.15) is 0 Å². The Morgan fingerprint density at radius 2 is 2.11 bits per heavy atom. The van der Waals surface area contributed by atoms with Crippen molar-refractivity contribution in [1.29, 1.82) is 0 Å². The average Bonchev–Trinajstić information content (AvgIpc) is 2.84. The summed E-state index contributed by atoms with van der Waals surface area (Å²) in [4.78, 5) is 0. The number of aliphatic hydroxyl groups is 1. The topological polar surface area (TPSA) is 75.9 Å². The molecule has 0 aliphatic rings. The molecule has 6 heteroatoms. The second-order valence-electron chi connectivity index (χ2n) is 4.16. The van der Waals surface area contributed by atoms with E-state index in [1.54, 1.807) is 11.6 Å². The fourth-order valence-corrected chi connectivity index (χ4v) is 1.60. The van der Waals surface area contributed by atoms with Crippen molar-refractivity contribution in [2.75, 3.05) is 6.54 Å². The second-order valence-corrected chi connectivity index (χ2v) is 4.16. The number of hydrogen-bond acceptors (Lipinski definition) is 5. The Bertz CT molecular complexity index is 468. The van der Waals surface area contributed by atoms with Crippen molar-refractivity contribution in [1.82, 2.24) is 25.5 Å². The lowest BCUT2D eigenvalue weighted by molar-refractivity contribution is 0.183. The molecule has 2 N–H and O–H groups in total. The molecule has 1 atom stereocenters. The van der Waals surface area contributed by atoms with Gasteiger partial charge in [-0.05, 0) is 42.4 Å². The molecule has 0 aliphatic carbocycles. The minimum Gasteiger partial charge on any atom is -0.393 e. The van der Waals surface area contributed by atoms with Crippen LogP contribution in [0.25, 0.3) is 5.69 Å². The van der Waals surface area contributed by atoms with Crippen LogP contribution in [0.2, 0.25) is 0 Å². The molecule has 0 saturated heterocycles. The number of para-hydroxylation sites is 1. The van der Waals surface area contributed by atoms with Crippen molar-refractivity contribution in [3.8, 4) is 5.69 Å². The third kappa shape index (κ3) is 3.35. The van der Waals surface area contributed by atoms with E-state index >= 15 is 0 Å². The summed E-state index contributed by atoms with van der Waals surface area (Å²) < 4.78 is 1.70.